The van der Waals surface area contributed by atoms with Crippen LogP contribution in [0.25, 0.3) is 0 Å². The quantitative estimate of drug-likeness (QED) is 0.736. The van der Waals surface area contributed by atoms with Gasteiger partial charge in [-0.05, 0) is 29.9 Å². The molecule has 2 aromatic rings. The van der Waals surface area contributed by atoms with Crippen molar-refractivity contribution in [1.82, 2.24) is 4.90 Å². The SMILES string of the molecule is C1=CC(CCc2ccccc2)CN(Cc2ccccc2)C1. The van der Waals surface area contributed by atoms with Crippen LogP contribution in [0.5, 0.6) is 0 Å². The predicted octanol–water partition coefficient (Wildman–Crippen LogP) is 4.31. The van der Waals surface area contributed by atoms with E-state index in [9.17, 15) is 0 Å². The summed E-state index contributed by atoms with van der Waals surface area (Å²) in [5, 5.41) is 0. The Morgan fingerprint density at radius 2 is 1.52 bits per heavy atom. The first kappa shape index (κ1) is 14.1. The lowest BCUT2D eigenvalue weighted by Gasteiger charge is -2.29. The maximum atomic E-state index is 2.55. The van der Waals surface area contributed by atoms with Gasteiger partial charge in [0, 0.05) is 19.6 Å². The van der Waals surface area contributed by atoms with Gasteiger partial charge in [-0.25, -0.2) is 0 Å². The van der Waals surface area contributed by atoms with Gasteiger partial charge in [0.15, 0.2) is 0 Å². The third-order valence-corrected chi connectivity index (χ3v) is 4.16. The predicted molar refractivity (Wildman–Crippen MR) is 89.1 cm³/mol. The molecule has 1 aliphatic heterocycles. The van der Waals surface area contributed by atoms with Crippen molar-refractivity contribution in [2.45, 2.75) is 19.4 Å². The molecule has 0 spiro atoms. The minimum absolute atomic E-state index is 0.683. The number of aryl methyl sites for hydroxylation is 1. The molecule has 0 aliphatic carbocycles. The van der Waals surface area contributed by atoms with Gasteiger partial charge in [-0.2, -0.15) is 0 Å². The lowest BCUT2D eigenvalue weighted by molar-refractivity contribution is 0.246. The van der Waals surface area contributed by atoms with Gasteiger partial charge < -0.3 is 0 Å². The third kappa shape index (κ3) is 4.30. The topological polar surface area (TPSA) is 3.24 Å². The average molecular weight is 277 g/mol. The third-order valence-electron chi connectivity index (χ3n) is 4.16. The van der Waals surface area contributed by atoms with Crippen LogP contribution < -0.4 is 0 Å². The van der Waals surface area contributed by atoms with E-state index in [4.69, 9.17) is 0 Å². The summed E-state index contributed by atoms with van der Waals surface area (Å²) < 4.78 is 0. The smallest absolute Gasteiger partial charge is 0.0237 e. The number of hydrogen-bond acceptors (Lipinski definition) is 1. The minimum atomic E-state index is 0.683. The van der Waals surface area contributed by atoms with Crippen LogP contribution in [-0.2, 0) is 13.0 Å². The van der Waals surface area contributed by atoms with Crippen molar-refractivity contribution in [3.05, 3.63) is 83.9 Å². The molecular formula is C20H23N. The van der Waals surface area contributed by atoms with Crippen molar-refractivity contribution in [1.29, 1.82) is 0 Å². The molecule has 0 saturated heterocycles. The molecule has 1 unspecified atom stereocenters. The molecule has 1 heterocycles. The van der Waals surface area contributed by atoms with Gasteiger partial charge in [-0.15, -0.1) is 0 Å². The zero-order valence-electron chi connectivity index (χ0n) is 12.5. The summed E-state index contributed by atoms with van der Waals surface area (Å²) in [6.45, 7) is 3.32. The van der Waals surface area contributed by atoms with E-state index in [0.717, 1.165) is 13.1 Å². The molecule has 1 heteroatoms. The molecule has 2 aromatic carbocycles. The summed E-state index contributed by atoms with van der Waals surface area (Å²) in [6, 6.07) is 21.6. The highest BCUT2D eigenvalue weighted by molar-refractivity contribution is 5.16. The first-order chi connectivity index (χ1) is 10.4. The molecule has 1 aliphatic rings. The average Bonchev–Trinajstić information content (AvgIpc) is 2.55. The molecule has 0 N–H and O–H groups in total. The number of rotatable bonds is 5. The summed E-state index contributed by atoms with van der Waals surface area (Å²) in [7, 11) is 0. The zero-order chi connectivity index (χ0) is 14.3. The van der Waals surface area contributed by atoms with E-state index in [-0.39, 0.29) is 0 Å². The van der Waals surface area contributed by atoms with Gasteiger partial charge in [-0.1, -0.05) is 72.8 Å². The van der Waals surface area contributed by atoms with E-state index < -0.39 is 0 Å². The Kier molecular flexibility index (Phi) is 4.86. The Morgan fingerprint density at radius 1 is 0.857 bits per heavy atom. The second kappa shape index (κ2) is 7.24. The fraction of sp³-hybridized carbons (Fsp3) is 0.300. The highest BCUT2D eigenvalue weighted by Gasteiger charge is 2.15. The van der Waals surface area contributed by atoms with Crippen molar-refractivity contribution in [3.63, 3.8) is 0 Å². The van der Waals surface area contributed by atoms with Crippen molar-refractivity contribution >= 4 is 0 Å². The van der Waals surface area contributed by atoms with Crippen LogP contribution in [0.4, 0.5) is 0 Å². The highest BCUT2D eigenvalue weighted by atomic mass is 15.1. The molecule has 0 amide bonds. The van der Waals surface area contributed by atoms with Crippen molar-refractivity contribution < 1.29 is 0 Å². The Morgan fingerprint density at radius 3 is 2.24 bits per heavy atom. The van der Waals surface area contributed by atoms with Crippen LogP contribution in [0.2, 0.25) is 0 Å². The molecule has 108 valence electrons. The van der Waals surface area contributed by atoms with Gasteiger partial charge in [0.1, 0.15) is 0 Å². The fourth-order valence-electron chi connectivity index (χ4n) is 3.02. The van der Waals surface area contributed by atoms with E-state index in [1.165, 1.54) is 30.5 Å². The van der Waals surface area contributed by atoms with Crippen LogP contribution in [0.3, 0.4) is 0 Å². The minimum Gasteiger partial charge on any atom is -0.295 e. The molecule has 3 rings (SSSR count). The van der Waals surface area contributed by atoms with Crippen molar-refractivity contribution in [2.75, 3.05) is 13.1 Å². The zero-order valence-corrected chi connectivity index (χ0v) is 12.5. The van der Waals surface area contributed by atoms with Gasteiger partial charge >= 0.3 is 0 Å². The van der Waals surface area contributed by atoms with E-state index in [2.05, 4.69) is 77.7 Å². The van der Waals surface area contributed by atoms with Gasteiger partial charge in [0.25, 0.3) is 0 Å². The van der Waals surface area contributed by atoms with E-state index >= 15 is 0 Å². The maximum Gasteiger partial charge on any atom is 0.0237 e. The molecule has 0 saturated carbocycles. The van der Waals surface area contributed by atoms with Gasteiger partial charge in [0.2, 0.25) is 0 Å². The van der Waals surface area contributed by atoms with E-state index in [1.54, 1.807) is 0 Å². The number of nitrogens with zero attached hydrogens (tertiary/aromatic N) is 1. The Balaban J connectivity index is 1.51. The molecule has 0 bridgehead atoms. The first-order valence-electron chi connectivity index (χ1n) is 7.87. The van der Waals surface area contributed by atoms with Crippen LogP contribution in [0.1, 0.15) is 17.5 Å². The van der Waals surface area contributed by atoms with Crippen molar-refractivity contribution in [3.8, 4) is 0 Å². The van der Waals surface area contributed by atoms with Crippen LogP contribution in [0.15, 0.2) is 72.8 Å². The maximum absolute atomic E-state index is 2.55. The lowest BCUT2D eigenvalue weighted by Crippen LogP contribution is -2.32. The molecule has 0 aromatic heterocycles. The highest BCUT2D eigenvalue weighted by Crippen LogP contribution is 2.18. The monoisotopic (exact) mass is 277 g/mol. The van der Waals surface area contributed by atoms with Crippen LogP contribution in [0, 0.1) is 5.92 Å². The molecule has 21 heavy (non-hydrogen) atoms. The summed E-state index contributed by atoms with van der Waals surface area (Å²) in [5.74, 6) is 0.683. The molecule has 1 nitrogen and oxygen atoms in total. The van der Waals surface area contributed by atoms with E-state index in [0.29, 0.717) is 5.92 Å². The van der Waals surface area contributed by atoms with Crippen LogP contribution in [-0.4, -0.2) is 18.0 Å². The van der Waals surface area contributed by atoms with Gasteiger partial charge in [0.05, 0.1) is 0 Å². The van der Waals surface area contributed by atoms with Crippen molar-refractivity contribution in [2.24, 2.45) is 5.92 Å². The fourth-order valence-corrected chi connectivity index (χ4v) is 3.02. The molecule has 0 radical (unpaired) electrons. The molecule has 1 atom stereocenters. The Hall–Kier alpha value is -1.86. The lowest BCUT2D eigenvalue weighted by atomic mass is 9.96. The summed E-state index contributed by atoms with van der Waals surface area (Å²) in [4.78, 5) is 2.55. The normalized spacial score (nSPS) is 18.8. The molecule has 0 fully saturated rings. The summed E-state index contributed by atoms with van der Waals surface area (Å²) in [5.41, 5.74) is 2.86. The number of hydrogen-bond donors (Lipinski definition) is 0. The molecular weight excluding hydrogens is 254 g/mol. The largest absolute Gasteiger partial charge is 0.295 e. The first-order valence-corrected chi connectivity index (χ1v) is 7.87. The Bertz CT molecular complexity index is 559. The Labute approximate surface area is 127 Å². The second-order valence-corrected chi connectivity index (χ2v) is 5.89. The number of benzene rings is 2. The van der Waals surface area contributed by atoms with Gasteiger partial charge in [-0.3, -0.25) is 4.90 Å². The summed E-state index contributed by atoms with van der Waals surface area (Å²) >= 11 is 0. The standard InChI is InChI=1S/C20H23N/c1-3-8-18(9-4-1)13-14-20-12-7-15-21(17-20)16-19-10-5-2-6-11-19/h1-12,20H,13-17H2. The summed E-state index contributed by atoms with van der Waals surface area (Å²) in [6.07, 6.45) is 7.16. The second-order valence-electron chi connectivity index (χ2n) is 5.89. The van der Waals surface area contributed by atoms with Crippen LogP contribution >= 0.6 is 0 Å². The van der Waals surface area contributed by atoms with E-state index in [1.807, 2.05) is 0 Å².